The highest BCUT2D eigenvalue weighted by Crippen LogP contribution is 2.27. The first-order valence-electron chi connectivity index (χ1n) is 12.3. The number of hydrogen-bond donors (Lipinski definition) is 6. The normalized spacial score (nSPS) is 12.0. The molecule has 0 aliphatic rings. The van der Waals surface area contributed by atoms with E-state index in [9.17, 15) is 19.8 Å². The Balaban J connectivity index is 1.52. The fraction of sp³-hybridized carbons (Fsp3) is 0.310. The fourth-order valence-corrected chi connectivity index (χ4v) is 4.10. The van der Waals surface area contributed by atoms with E-state index >= 15 is 0 Å². The van der Waals surface area contributed by atoms with Crippen molar-refractivity contribution >= 4 is 17.6 Å². The van der Waals surface area contributed by atoms with Gasteiger partial charge in [-0.3, -0.25) is 4.79 Å². The van der Waals surface area contributed by atoms with E-state index in [2.05, 4.69) is 16.0 Å². The van der Waals surface area contributed by atoms with Gasteiger partial charge in [-0.2, -0.15) is 0 Å². The smallest absolute Gasteiger partial charge is 0.316 e. The van der Waals surface area contributed by atoms with E-state index in [1.54, 1.807) is 13.2 Å². The number of carbonyl (C=O) groups excluding carboxylic acids is 2. The minimum Gasteiger partial charge on any atom is -0.506 e. The van der Waals surface area contributed by atoms with Gasteiger partial charge >= 0.3 is 6.03 Å². The highest BCUT2D eigenvalue weighted by Gasteiger charge is 2.21. The molecule has 202 valence electrons. The number of anilines is 1. The zero-order valence-corrected chi connectivity index (χ0v) is 22.0. The molecule has 0 heterocycles. The van der Waals surface area contributed by atoms with Crippen LogP contribution in [-0.4, -0.2) is 41.3 Å². The molecule has 9 heteroatoms. The molecule has 1 unspecified atom stereocenters. The number of benzene rings is 3. The second-order valence-corrected chi connectivity index (χ2v) is 9.84. The predicted octanol–water partition coefficient (Wildman–Crippen LogP) is 3.39. The second kappa shape index (κ2) is 12.9. The van der Waals surface area contributed by atoms with Gasteiger partial charge in [0.15, 0.2) is 0 Å². The average molecular weight is 521 g/mol. The number of primary amides is 1. The van der Waals surface area contributed by atoms with Gasteiger partial charge in [-0.1, -0.05) is 42.5 Å². The monoisotopic (exact) mass is 520 g/mol. The number of urea groups is 1. The topological polar surface area (TPSA) is 146 Å². The number of aromatic hydroxyl groups is 1. The number of aliphatic hydroxyl groups excluding tert-OH is 1. The Morgan fingerprint density at radius 2 is 1.71 bits per heavy atom. The van der Waals surface area contributed by atoms with Gasteiger partial charge in [0.05, 0.1) is 25.3 Å². The molecule has 0 aromatic heterocycles. The summed E-state index contributed by atoms with van der Waals surface area (Å²) in [5, 5.41) is 29.2. The van der Waals surface area contributed by atoms with Gasteiger partial charge in [0.2, 0.25) is 5.91 Å². The van der Waals surface area contributed by atoms with Crippen molar-refractivity contribution in [3.8, 4) is 11.5 Å². The number of phenols is 1. The number of carbonyl (C=O) groups is 2. The van der Waals surface area contributed by atoms with Gasteiger partial charge in [0.25, 0.3) is 0 Å². The minimum absolute atomic E-state index is 0.0578. The number of ether oxygens (including phenoxy) is 1. The lowest BCUT2D eigenvalue weighted by Gasteiger charge is -2.28. The fourth-order valence-electron chi connectivity index (χ4n) is 4.10. The predicted molar refractivity (Wildman–Crippen MR) is 147 cm³/mol. The Bertz CT molecular complexity index is 1240. The second-order valence-electron chi connectivity index (χ2n) is 9.84. The van der Waals surface area contributed by atoms with Gasteiger partial charge < -0.3 is 36.6 Å². The van der Waals surface area contributed by atoms with Crippen molar-refractivity contribution in [2.45, 2.75) is 44.9 Å². The van der Waals surface area contributed by atoms with Crippen LogP contribution in [0.25, 0.3) is 0 Å². The molecule has 0 saturated carbocycles. The Hall–Kier alpha value is -4.08. The molecule has 3 aromatic rings. The van der Waals surface area contributed by atoms with Crippen LogP contribution >= 0.6 is 0 Å². The molecule has 9 nitrogen and oxygen atoms in total. The van der Waals surface area contributed by atoms with Gasteiger partial charge in [-0.25, -0.2) is 4.79 Å². The summed E-state index contributed by atoms with van der Waals surface area (Å²) in [7, 11) is 1.62. The molecule has 0 bridgehead atoms. The molecule has 0 fully saturated rings. The number of nitrogens with two attached hydrogens (primary N) is 1. The molecule has 0 aliphatic heterocycles. The molecule has 1 atom stereocenters. The summed E-state index contributed by atoms with van der Waals surface area (Å²) in [6.45, 7) is 4.76. The number of methoxy groups -OCH3 is 1. The van der Waals surface area contributed by atoms with Crippen molar-refractivity contribution in [2.75, 3.05) is 19.0 Å². The number of amides is 3. The zero-order valence-electron chi connectivity index (χ0n) is 22.0. The molecule has 0 aliphatic carbocycles. The quantitative estimate of drug-likeness (QED) is 0.202. The standard InChI is InChI=1S/C29H36N4O5/c1-29(2,32-18-26(35)22-9-12-25(34)24(15-22)33-28(30)37)16-21-6-4-5-20(13-21)14-27(36)31-17-19-7-10-23(38-3)11-8-19/h4-13,15,26,32,34-35H,14,16-18H2,1-3H3,(H,31,36)(H3,30,33,37). The van der Waals surface area contributed by atoms with Crippen LogP contribution in [0.1, 0.15) is 42.2 Å². The summed E-state index contributed by atoms with van der Waals surface area (Å²) >= 11 is 0. The summed E-state index contributed by atoms with van der Waals surface area (Å²) in [5.41, 5.74) is 8.42. The Labute approximate surface area is 223 Å². The van der Waals surface area contributed by atoms with Gasteiger partial charge in [0.1, 0.15) is 11.5 Å². The Kier molecular flexibility index (Phi) is 9.70. The zero-order chi connectivity index (χ0) is 27.7. The molecule has 3 amide bonds. The van der Waals surface area contributed by atoms with E-state index in [4.69, 9.17) is 10.5 Å². The van der Waals surface area contributed by atoms with E-state index in [1.165, 1.54) is 12.1 Å². The van der Waals surface area contributed by atoms with Crippen molar-refractivity contribution in [1.29, 1.82) is 0 Å². The maximum atomic E-state index is 12.5. The third-order valence-corrected chi connectivity index (χ3v) is 6.09. The molecule has 3 rings (SSSR count). The third kappa shape index (κ3) is 8.79. The van der Waals surface area contributed by atoms with Gasteiger partial charge in [-0.05, 0) is 66.8 Å². The van der Waals surface area contributed by atoms with Crippen molar-refractivity contribution in [3.63, 3.8) is 0 Å². The number of hydrogen-bond acceptors (Lipinski definition) is 6. The lowest BCUT2D eigenvalue weighted by atomic mass is 9.93. The van der Waals surface area contributed by atoms with E-state index in [-0.39, 0.29) is 35.8 Å². The molecule has 7 N–H and O–H groups in total. The van der Waals surface area contributed by atoms with Crippen LogP contribution in [0.2, 0.25) is 0 Å². The minimum atomic E-state index is -0.871. The SMILES string of the molecule is COc1ccc(CNC(=O)Cc2cccc(CC(C)(C)NCC(O)c3ccc(O)c(NC(N)=O)c3)c2)cc1. The van der Waals surface area contributed by atoms with E-state index in [0.717, 1.165) is 22.4 Å². The van der Waals surface area contributed by atoms with E-state index in [1.807, 2.05) is 62.4 Å². The molecule has 38 heavy (non-hydrogen) atoms. The van der Waals surface area contributed by atoms with Crippen LogP contribution in [0, 0.1) is 0 Å². The first kappa shape index (κ1) is 28.5. The van der Waals surface area contributed by atoms with E-state index < -0.39 is 12.1 Å². The van der Waals surface area contributed by atoms with Crippen LogP contribution in [0.3, 0.4) is 0 Å². The maximum absolute atomic E-state index is 12.5. The van der Waals surface area contributed by atoms with Crippen molar-refractivity contribution in [3.05, 3.63) is 89.0 Å². The summed E-state index contributed by atoms with van der Waals surface area (Å²) < 4.78 is 5.16. The van der Waals surface area contributed by atoms with Crippen LogP contribution in [-0.2, 0) is 24.2 Å². The van der Waals surface area contributed by atoms with Gasteiger partial charge in [0, 0.05) is 18.6 Å². The van der Waals surface area contributed by atoms with Crippen LogP contribution in [0.5, 0.6) is 11.5 Å². The highest BCUT2D eigenvalue weighted by atomic mass is 16.5. The molecular formula is C29H36N4O5. The average Bonchev–Trinajstić information content (AvgIpc) is 2.87. The van der Waals surface area contributed by atoms with Crippen molar-refractivity contribution in [1.82, 2.24) is 10.6 Å². The maximum Gasteiger partial charge on any atom is 0.316 e. The number of aliphatic hydroxyl groups is 1. The van der Waals surface area contributed by atoms with Crippen LogP contribution < -0.4 is 26.4 Å². The van der Waals surface area contributed by atoms with Gasteiger partial charge in [-0.15, -0.1) is 0 Å². The molecule has 0 radical (unpaired) electrons. The third-order valence-electron chi connectivity index (χ3n) is 6.09. The van der Waals surface area contributed by atoms with Crippen LogP contribution in [0.4, 0.5) is 10.5 Å². The lowest BCUT2D eigenvalue weighted by Crippen LogP contribution is -2.43. The molecule has 0 spiro atoms. The van der Waals surface area contributed by atoms with Crippen molar-refractivity contribution in [2.24, 2.45) is 5.73 Å². The first-order chi connectivity index (χ1) is 18.0. The molecule has 0 saturated heterocycles. The first-order valence-corrected chi connectivity index (χ1v) is 12.3. The summed E-state index contributed by atoms with van der Waals surface area (Å²) in [6.07, 6.45) is 0.0773. The number of phenolic OH excluding ortho intramolecular Hbond substituents is 1. The van der Waals surface area contributed by atoms with E-state index in [0.29, 0.717) is 18.5 Å². The molecule has 3 aromatic carbocycles. The van der Waals surface area contributed by atoms with Crippen molar-refractivity contribution < 1.29 is 24.5 Å². The van der Waals surface area contributed by atoms with Crippen LogP contribution in [0.15, 0.2) is 66.7 Å². The summed E-state index contributed by atoms with van der Waals surface area (Å²) in [4.78, 5) is 23.6. The summed E-state index contributed by atoms with van der Waals surface area (Å²) in [6, 6.07) is 19.2. The summed E-state index contributed by atoms with van der Waals surface area (Å²) in [5.74, 6) is 0.579. The number of β-amino-alcohol motifs (C(OH)–C–C–N with tert-alkyl or cyclic N) is 1. The number of nitrogens with one attached hydrogen (secondary N) is 3. The Morgan fingerprint density at radius 3 is 2.39 bits per heavy atom. The largest absolute Gasteiger partial charge is 0.506 e. The Morgan fingerprint density at radius 1 is 1.00 bits per heavy atom. The highest BCUT2D eigenvalue weighted by molar-refractivity contribution is 5.89. The lowest BCUT2D eigenvalue weighted by molar-refractivity contribution is -0.120. The molecular weight excluding hydrogens is 484 g/mol. The number of rotatable bonds is 12.